The Morgan fingerprint density at radius 2 is 1.95 bits per heavy atom. The molecule has 3 N–H and O–H groups in total. The number of fused-ring (bicyclic) bond motifs is 1. The van der Waals surface area contributed by atoms with E-state index in [1.807, 2.05) is 23.9 Å². The first-order chi connectivity index (χ1) is 17.4. The summed E-state index contributed by atoms with van der Waals surface area (Å²) in [6.07, 6.45) is 15.3. The van der Waals surface area contributed by atoms with E-state index < -0.39 is 12.2 Å². The van der Waals surface area contributed by atoms with Gasteiger partial charge in [-0.3, -0.25) is 4.98 Å². The minimum absolute atomic E-state index is 0.00392. The van der Waals surface area contributed by atoms with Gasteiger partial charge in [-0.25, -0.2) is 0 Å². The van der Waals surface area contributed by atoms with Gasteiger partial charge in [-0.05, 0) is 78.1 Å². The van der Waals surface area contributed by atoms with Crippen molar-refractivity contribution in [2.24, 2.45) is 5.41 Å². The summed E-state index contributed by atoms with van der Waals surface area (Å²) in [4.78, 5) is 5.06. The van der Waals surface area contributed by atoms with Crippen molar-refractivity contribution in [3.05, 3.63) is 70.6 Å². The van der Waals surface area contributed by atoms with Crippen LogP contribution in [0.25, 0.3) is 5.57 Å². The molecule has 0 saturated carbocycles. The summed E-state index contributed by atoms with van der Waals surface area (Å²) in [6, 6.07) is 0. The van der Waals surface area contributed by atoms with Crippen molar-refractivity contribution < 1.29 is 15.3 Å². The van der Waals surface area contributed by atoms with Crippen LogP contribution in [0.3, 0.4) is 0 Å². The van der Waals surface area contributed by atoms with Crippen molar-refractivity contribution in [1.29, 1.82) is 0 Å². The second kappa shape index (κ2) is 14.5. The van der Waals surface area contributed by atoms with Gasteiger partial charge in [0.15, 0.2) is 0 Å². The maximum atomic E-state index is 11.4. The first-order valence-corrected chi connectivity index (χ1v) is 15.0. The van der Waals surface area contributed by atoms with Crippen LogP contribution < -0.4 is 0 Å². The Labute approximate surface area is 229 Å². The van der Waals surface area contributed by atoms with Gasteiger partial charge in [-0.1, -0.05) is 78.5 Å². The van der Waals surface area contributed by atoms with E-state index in [0.717, 1.165) is 64.6 Å². The number of aliphatic hydroxyl groups is 3. The molecule has 0 amide bonds. The van der Waals surface area contributed by atoms with E-state index in [-0.39, 0.29) is 17.9 Å². The highest BCUT2D eigenvalue weighted by Crippen LogP contribution is 2.48. The topological polar surface area (TPSA) is 73.6 Å². The lowest BCUT2D eigenvalue weighted by atomic mass is 9.71. The third-order valence-electron chi connectivity index (χ3n) is 7.03. The lowest BCUT2D eigenvalue weighted by molar-refractivity contribution is 0.0969. The number of hydrogen-bond acceptors (Lipinski definition) is 5. The SMILES string of the molecule is C=C/C=C(\C=C/CC(O)c1c(C(C)C)nc2c(c1C1=CCCC1)C(O)CC(C)(C)C2)CO.CSC(C)C. The lowest BCUT2D eigenvalue weighted by Gasteiger charge is -2.37. The fourth-order valence-electron chi connectivity index (χ4n) is 5.13. The van der Waals surface area contributed by atoms with Crippen molar-refractivity contribution in [3.8, 4) is 0 Å². The molecule has 0 bridgehead atoms. The van der Waals surface area contributed by atoms with Gasteiger partial charge in [0.05, 0.1) is 18.8 Å². The number of aromatic nitrogens is 1. The number of allylic oxidation sites excluding steroid dienone is 4. The number of rotatable bonds is 9. The molecule has 206 valence electrons. The summed E-state index contributed by atoms with van der Waals surface area (Å²) < 4.78 is 0. The molecule has 0 aliphatic heterocycles. The second-order valence-electron chi connectivity index (χ2n) is 11.6. The zero-order chi connectivity index (χ0) is 27.8. The standard InChI is InChI=1S/C28H39NO3.C4H10S/c1-6-10-19(17-30)11-9-14-22(31)26-24(20-12-7-8-13-20)25-21(29-27(26)18(2)3)15-28(4,5)16-23(25)32;1-4(2)5-3/h6,9-12,18,22-23,30-32H,1,7-8,13-17H2,2-5H3;4H,1-3H3/b11-9-,19-10+;. The molecule has 2 atom stereocenters. The van der Waals surface area contributed by atoms with E-state index in [9.17, 15) is 15.3 Å². The molecule has 0 aromatic carbocycles. The van der Waals surface area contributed by atoms with Crippen LogP contribution in [0.15, 0.2) is 42.5 Å². The van der Waals surface area contributed by atoms with E-state index in [4.69, 9.17) is 4.98 Å². The summed E-state index contributed by atoms with van der Waals surface area (Å²) in [6.45, 7) is 16.6. The summed E-state index contributed by atoms with van der Waals surface area (Å²) >= 11 is 1.88. The molecule has 2 aliphatic rings. The zero-order valence-electron chi connectivity index (χ0n) is 24.1. The van der Waals surface area contributed by atoms with Gasteiger partial charge >= 0.3 is 0 Å². The molecule has 0 saturated heterocycles. The Morgan fingerprint density at radius 1 is 1.27 bits per heavy atom. The molecule has 3 rings (SSSR count). The quantitative estimate of drug-likeness (QED) is 0.288. The molecule has 0 spiro atoms. The fourth-order valence-corrected chi connectivity index (χ4v) is 5.13. The highest BCUT2D eigenvalue weighted by molar-refractivity contribution is 7.99. The van der Waals surface area contributed by atoms with E-state index in [2.05, 4.69) is 60.5 Å². The second-order valence-corrected chi connectivity index (χ2v) is 13.0. The van der Waals surface area contributed by atoms with Gasteiger partial charge in [0.25, 0.3) is 0 Å². The maximum Gasteiger partial charge on any atom is 0.0848 e. The maximum absolute atomic E-state index is 11.4. The Morgan fingerprint density at radius 3 is 2.46 bits per heavy atom. The van der Waals surface area contributed by atoms with Gasteiger partial charge in [-0.2, -0.15) is 11.8 Å². The van der Waals surface area contributed by atoms with E-state index >= 15 is 0 Å². The van der Waals surface area contributed by atoms with Crippen molar-refractivity contribution >= 4 is 17.3 Å². The minimum atomic E-state index is -0.733. The highest BCUT2D eigenvalue weighted by atomic mass is 32.2. The molecular formula is C32H49NO3S. The molecule has 37 heavy (non-hydrogen) atoms. The van der Waals surface area contributed by atoms with Crippen molar-refractivity contribution in [2.75, 3.05) is 12.9 Å². The van der Waals surface area contributed by atoms with E-state index in [1.54, 1.807) is 12.2 Å². The summed E-state index contributed by atoms with van der Waals surface area (Å²) in [5.74, 6) is 0.158. The fraction of sp³-hybridized carbons (Fsp3) is 0.594. The predicted molar refractivity (Wildman–Crippen MR) is 160 cm³/mol. The number of thioether (sulfide) groups is 1. The van der Waals surface area contributed by atoms with Crippen LogP contribution in [0.4, 0.5) is 0 Å². The number of hydrogen-bond donors (Lipinski definition) is 3. The molecule has 5 heteroatoms. The van der Waals surface area contributed by atoms with Gasteiger partial charge in [-0.15, -0.1) is 0 Å². The summed E-state index contributed by atoms with van der Waals surface area (Å²) in [7, 11) is 0. The Bertz CT molecular complexity index is 1000. The van der Waals surface area contributed by atoms with Gasteiger partial charge < -0.3 is 15.3 Å². The average molecular weight is 528 g/mol. The van der Waals surface area contributed by atoms with Crippen molar-refractivity contribution in [2.45, 2.75) is 103 Å². The van der Waals surface area contributed by atoms with Gasteiger partial charge in [0, 0.05) is 22.5 Å². The molecule has 1 aromatic rings. The number of aliphatic hydroxyl groups excluding tert-OH is 3. The molecule has 0 fully saturated rings. The molecule has 4 nitrogen and oxygen atoms in total. The van der Waals surface area contributed by atoms with Crippen LogP contribution >= 0.6 is 11.8 Å². The first-order valence-electron chi connectivity index (χ1n) is 13.7. The van der Waals surface area contributed by atoms with Crippen LogP contribution in [0.5, 0.6) is 0 Å². The molecule has 2 unspecified atom stereocenters. The third kappa shape index (κ3) is 8.68. The van der Waals surface area contributed by atoms with Crippen molar-refractivity contribution in [3.63, 3.8) is 0 Å². The van der Waals surface area contributed by atoms with E-state index in [0.29, 0.717) is 12.8 Å². The minimum Gasteiger partial charge on any atom is -0.392 e. The Kier molecular flexibility index (Phi) is 12.4. The summed E-state index contributed by atoms with van der Waals surface area (Å²) in [5.41, 5.74) is 6.75. The molecule has 1 aromatic heterocycles. The Hall–Kier alpha value is -1.66. The molecule has 1 heterocycles. The van der Waals surface area contributed by atoms with E-state index in [1.165, 1.54) is 5.57 Å². The molecular weight excluding hydrogens is 478 g/mol. The molecule has 2 aliphatic carbocycles. The van der Waals surface area contributed by atoms with Crippen LogP contribution in [-0.2, 0) is 6.42 Å². The zero-order valence-corrected chi connectivity index (χ0v) is 24.9. The lowest BCUT2D eigenvalue weighted by Crippen LogP contribution is -2.29. The smallest absolute Gasteiger partial charge is 0.0848 e. The van der Waals surface area contributed by atoms with Crippen LogP contribution in [0.1, 0.15) is 120 Å². The van der Waals surface area contributed by atoms with Crippen LogP contribution in [-0.4, -0.2) is 38.4 Å². The predicted octanol–water partition coefficient (Wildman–Crippen LogP) is 7.62. The highest BCUT2D eigenvalue weighted by Gasteiger charge is 2.37. The monoisotopic (exact) mass is 527 g/mol. The average Bonchev–Trinajstić information content (AvgIpc) is 3.36. The Balaban J connectivity index is 0.000000877. The normalized spacial score (nSPS) is 20.1. The van der Waals surface area contributed by atoms with Crippen LogP contribution in [0, 0.1) is 5.41 Å². The third-order valence-corrected chi connectivity index (χ3v) is 7.97. The first kappa shape index (κ1) is 31.6. The van der Waals surface area contributed by atoms with Crippen LogP contribution in [0.2, 0.25) is 0 Å². The summed E-state index contributed by atoms with van der Waals surface area (Å²) in [5, 5.41) is 32.9. The number of nitrogens with zero attached hydrogens (tertiary/aromatic N) is 1. The molecule has 0 radical (unpaired) electrons. The van der Waals surface area contributed by atoms with Crippen molar-refractivity contribution in [1.82, 2.24) is 4.98 Å². The van der Waals surface area contributed by atoms with Gasteiger partial charge in [0.1, 0.15) is 0 Å². The number of pyridine rings is 1. The van der Waals surface area contributed by atoms with Gasteiger partial charge in [0.2, 0.25) is 0 Å². The largest absolute Gasteiger partial charge is 0.392 e.